The molecule has 10 heteroatoms. The standard InChI is InChI=1S/C16H17F3N5OP/c1-23-13(25)16(22-14(23)20,10-3-2-4-12(26)7-10)11-8-21-24(9-11)6-5-15(17,18)19/h2-4,7-9H,5-6,26H2,1H3,(H2,20,22). The zero-order valence-electron chi connectivity index (χ0n) is 13.9. The molecule has 1 aliphatic heterocycles. The van der Waals surface area contributed by atoms with Gasteiger partial charge < -0.3 is 5.73 Å². The van der Waals surface area contributed by atoms with E-state index >= 15 is 0 Å². The van der Waals surface area contributed by atoms with Gasteiger partial charge in [-0.1, -0.05) is 18.2 Å². The van der Waals surface area contributed by atoms with E-state index in [0.29, 0.717) is 11.1 Å². The van der Waals surface area contributed by atoms with Crippen molar-refractivity contribution in [2.24, 2.45) is 10.7 Å². The molecule has 0 fully saturated rings. The van der Waals surface area contributed by atoms with Gasteiger partial charge in [0.25, 0.3) is 5.91 Å². The minimum atomic E-state index is -4.29. The number of nitrogens with zero attached hydrogens (tertiary/aromatic N) is 4. The first-order valence-corrected chi connectivity index (χ1v) is 8.30. The number of nitrogens with two attached hydrogens (primary N) is 1. The van der Waals surface area contributed by atoms with Crippen LogP contribution in [0.3, 0.4) is 0 Å². The Morgan fingerprint density at radius 2 is 2.04 bits per heavy atom. The van der Waals surface area contributed by atoms with Crippen molar-refractivity contribution in [1.29, 1.82) is 0 Å². The Morgan fingerprint density at radius 1 is 1.31 bits per heavy atom. The van der Waals surface area contributed by atoms with E-state index in [1.807, 2.05) is 6.07 Å². The molecule has 0 radical (unpaired) electrons. The van der Waals surface area contributed by atoms with Gasteiger partial charge in [-0.05, 0) is 16.9 Å². The summed E-state index contributed by atoms with van der Waals surface area (Å²) in [6.45, 7) is -0.341. The summed E-state index contributed by atoms with van der Waals surface area (Å²) in [6, 6.07) is 7.11. The fraction of sp³-hybridized carbons (Fsp3) is 0.312. The van der Waals surface area contributed by atoms with E-state index in [0.717, 1.165) is 9.99 Å². The number of likely N-dealkylation sites (N-methyl/N-ethyl adjacent to an activating group) is 1. The number of halogens is 3. The highest BCUT2D eigenvalue weighted by atomic mass is 31.0. The van der Waals surface area contributed by atoms with Crippen molar-refractivity contribution in [3.8, 4) is 0 Å². The number of aliphatic imine (C=N–C) groups is 1. The molecule has 26 heavy (non-hydrogen) atoms. The van der Waals surface area contributed by atoms with E-state index in [4.69, 9.17) is 5.73 Å². The average Bonchev–Trinajstić information content (AvgIpc) is 3.12. The normalized spacial score (nSPS) is 20.6. The molecule has 2 unspecified atom stereocenters. The summed E-state index contributed by atoms with van der Waals surface area (Å²) in [5.74, 6) is -0.354. The second-order valence-electron chi connectivity index (χ2n) is 6.03. The highest BCUT2D eigenvalue weighted by molar-refractivity contribution is 7.27. The van der Waals surface area contributed by atoms with Gasteiger partial charge >= 0.3 is 6.18 Å². The number of benzene rings is 1. The van der Waals surface area contributed by atoms with E-state index in [2.05, 4.69) is 19.3 Å². The minimum Gasteiger partial charge on any atom is -0.369 e. The van der Waals surface area contributed by atoms with Crippen LogP contribution in [0.4, 0.5) is 13.2 Å². The van der Waals surface area contributed by atoms with Crippen LogP contribution in [-0.2, 0) is 16.9 Å². The zero-order valence-corrected chi connectivity index (χ0v) is 15.0. The second kappa shape index (κ2) is 6.39. The third-order valence-corrected chi connectivity index (χ3v) is 4.58. The van der Waals surface area contributed by atoms with Gasteiger partial charge in [0.15, 0.2) is 11.5 Å². The van der Waals surface area contributed by atoms with E-state index in [9.17, 15) is 18.0 Å². The topological polar surface area (TPSA) is 76.5 Å². The number of alkyl halides is 3. The van der Waals surface area contributed by atoms with E-state index < -0.39 is 18.1 Å². The van der Waals surface area contributed by atoms with E-state index in [-0.39, 0.29) is 18.4 Å². The highest BCUT2D eigenvalue weighted by Gasteiger charge is 2.50. The molecule has 0 saturated carbocycles. The van der Waals surface area contributed by atoms with Crippen LogP contribution in [-0.4, -0.2) is 39.8 Å². The smallest absolute Gasteiger partial charge is 0.369 e. The molecule has 2 atom stereocenters. The predicted molar refractivity (Wildman–Crippen MR) is 93.9 cm³/mol. The summed E-state index contributed by atoms with van der Waals surface area (Å²) in [5.41, 5.74) is 5.33. The zero-order chi connectivity index (χ0) is 19.1. The molecule has 2 aromatic rings. The molecule has 1 aromatic carbocycles. The van der Waals surface area contributed by atoms with Crippen LogP contribution in [0, 0.1) is 0 Å². The van der Waals surface area contributed by atoms with Crippen LogP contribution in [0.25, 0.3) is 0 Å². The largest absolute Gasteiger partial charge is 0.390 e. The lowest BCUT2D eigenvalue weighted by Gasteiger charge is -2.24. The molecular weight excluding hydrogens is 366 g/mol. The highest BCUT2D eigenvalue weighted by Crippen LogP contribution is 2.39. The number of rotatable bonds is 4. The second-order valence-corrected chi connectivity index (χ2v) is 6.69. The van der Waals surface area contributed by atoms with Crippen LogP contribution in [0.15, 0.2) is 41.7 Å². The first-order chi connectivity index (χ1) is 12.1. The lowest BCUT2D eigenvalue weighted by Crippen LogP contribution is -2.41. The summed E-state index contributed by atoms with van der Waals surface area (Å²) in [6.07, 6.45) is -2.53. The Hall–Kier alpha value is -2.41. The number of hydrogen-bond donors (Lipinski definition) is 1. The van der Waals surface area contributed by atoms with Crippen molar-refractivity contribution in [1.82, 2.24) is 14.7 Å². The van der Waals surface area contributed by atoms with Crippen LogP contribution < -0.4 is 11.0 Å². The van der Waals surface area contributed by atoms with Crippen LogP contribution in [0.2, 0.25) is 0 Å². The molecular formula is C16H17F3N5OP. The summed E-state index contributed by atoms with van der Waals surface area (Å²) < 4.78 is 38.5. The van der Waals surface area contributed by atoms with Crippen molar-refractivity contribution >= 4 is 26.4 Å². The lowest BCUT2D eigenvalue weighted by molar-refractivity contribution is -0.137. The summed E-state index contributed by atoms with van der Waals surface area (Å²) in [4.78, 5) is 18.6. The Morgan fingerprint density at radius 3 is 2.62 bits per heavy atom. The van der Waals surface area contributed by atoms with Crippen LogP contribution >= 0.6 is 9.24 Å². The fourth-order valence-corrected chi connectivity index (χ4v) is 3.15. The molecule has 0 saturated heterocycles. The first-order valence-electron chi connectivity index (χ1n) is 7.72. The molecule has 138 valence electrons. The van der Waals surface area contributed by atoms with Crippen molar-refractivity contribution in [2.75, 3.05) is 7.05 Å². The van der Waals surface area contributed by atoms with Gasteiger partial charge in [-0.25, -0.2) is 4.99 Å². The molecule has 0 spiro atoms. The van der Waals surface area contributed by atoms with Crippen LogP contribution in [0.1, 0.15) is 17.5 Å². The number of hydrogen-bond acceptors (Lipinski definition) is 4. The maximum absolute atomic E-state index is 13.0. The molecule has 6 nitrogen and oxygen atoms in total. The monoisotopic (exact) mass is 383 g/mol. The molecule has 0 aliphatic carbocycles. The number of carbonyl (C=O) groups is 1. The Balaban J connectivity index is 2.07. The van der Waals surface area contributed by atoms with Gasteiger partial charge in [0.2, 0.25) is 0 Å². The van der Waals surface area contributed by atoms with Gasteiger partial charge in [0.1, 0.15) is 0 Å². The molecule has 1 aromatic heterocycles. The summed E-state index contributed by atoms with van der Waals surface area (Å²) >= 11 is 0. The van der Waals surface area contributed by atoms with E-state index in [1.165, 1.54) is 24.3 Å². The number of aromatic nitrogens is 2. The molecule has 2 heterocycles. The SMILES string of the molecule is CN1C(=O)C(c2cccc(P)c2)(c2cnn(CCC(F)(F)F)c2)N=C1N. The van der Waals surface area contributed by atoms with Gasteiger partial charge in [0, 0.05) is 25.4 Å². The van der Waals surface area contributed by atoms with Crippen LogP contribution in [0.5, 0.6) is 0 Å². The maximum atomic E-state index is 13.0. The van der Waals surface area contributed by atoms with Crippen molar-refractivity contribution in [3.05, 3.63) is 47.8 Å². The first kappa shape index (κ1) is 18.4. The quantitative estimate of drug-likeness (QED) is 0.811. The molecule has 0 bridgehead atoms. The number of carbonyl (C=O) groups excluding carboxylic acids is 1. The van der Waals surface area contributed by atoms with Crippen molar-refractivity contribution in [2.45, 2.75) is 24.7 Å². The fourth-order valence-electron chi connectivity index (χ4n) is 2.86. The third-order valence-electron chi connectivity index (χ3n) is 4.22. The number of guanidine groups is 1. The lowest BCUT2D eigenvalue weighted by atomic mass is 9.84. The van der Waals surface area contributed by atoms with Gasteiger partial charge in [0.05, 0.1) is 12.6 Å². The van der Waals surface area contributed by atoms with Gasteiger partial charge in [-0.3, -0.25) is 14.4 Å². The number of aryl methyl sites for hydroxylation is 1. The van der Waals surface area contributed by atoms with Crippen molar-refractivity contribution in [3.63, 3.8) is 0 Å². The summed E-state index contributed by atoms with van der Waals surface area (Å²) in [7, 11) is 4.04. The van der Waals surface area contributed by atoms with Gasteiger partial charge in [-0.2, -0.15) is 18.3 Å². The Bertz CT molecular complexity index is 879. The minimum absolute atomic E-state index is 0.0344. The van der Waals surface area contributed by atoms with Crippen molar-refractivity contribution < 1.29 is 18.0 Å². The molecule has 3 rings (SSSR count). The molecule has 1 aliphatic rings. The summed E-state index contributed by atoms with van der Waals surface area (Å²) in [5, 5.41) is 4.81. The molecule has 2 N–H and O–H groups in total. The van der Waals surface area contributed by atoms with Gasteiger partial charge in [-0.15, -0.1) is 9.24 Å². The number of amides is 1. The predicted octanol–water partition coefficient (Wildman–Crippen LogP) is 1.37. The maximum Gasteiger partial charge on any atom is 0.390 e. The third kappa shape index (κ3) is 3.19. The Kier molecular flexibility index (Phi) is 4.52. The Labute approximate surface area is 150 Å². The van der Waals surface area contributed by atoms with E-state index in [1.54, 1.807) is 18.2 Å². The average molecular weight is 383 g/mol. The molecule has 1 amide bonds.